The number of carbonyl (C=O) groups is 1. The third kappa shape index (κ3) is 3.69. The van der Waals surface area contributed by atoms with Crippen LogP contribution in [0.5, 0.6) is 0 Å². The number of hydrogen-bond acceptors (Lipinski definition) is 3. The molecule has 1 saturated carbocycles. The lowest BCUT2D eigenvalue weighted by Gasteiger charge is -2.28. The van der Waals surface area contributed by atoms with Gasteiger partial charge in [-0.25, -0.2) is 4.79 Å². The van der Waals surface area contributed by atoms with Crippen molar-refractivity contribution < 1.29 is 23.9 Å². The van der Waals surface area contributed by atoms with Crippen molar-refractivity contribution in [3.05, 3.63) is 35.9 Å². The van der Waals surface area contributed by atoms with Gasteiger partial charge in [0.15, 0.2) is 6.10 Å². The van der Waals surface area contributed by atoms with Crippen molar-refractivity contribution in [2.24, 2.45) is 0 Å². The lowest BCUT2D eigenvalue weighted by molar-refractivity contribution is -0.145. The molecular formula is C14H19O5P. The number of carboxylic acids is 1. The third-order valence-electron chi connectivity index (χ3n) is 3.62. The van der Waals surface area contributed by atoms with Gasteiger partial charge >= 0.3 is 13.6 Å². The van der Waals surface area contributed by atoms with E-state index in [9.17, 15) is 19.4 Å². The Hall–Kier alpha value is -1.16. The number of aliphatic carboxylic acids is 1. The lowest BCUT2D eigenvalue weighted by atomic mass is 10.0. The Morgan fingerprint density at radius 2 is 1.80 bits per heavy atom. The SMILES string of the molecule is O=C(O)C(OP(=O)(O)C1CCCCC1)c1ccccc1. The summed E-state index contributed by atoms with van der Waals surface area (Å²) in [5.41, 5.74) is -0.0631. The third-order valence-corrected chi connectivity index (χ3v) is 5.57. The van der Waals surface area contributed by atoms with Crippen molar-refractivity contribution in [3.63, 3.8) is 0 Å². The normalized spacial score (nSPS) is 21.1. The average Bonchev–Trinajstić information content (AvgIpc) is 2.46. The molecule has 110 valence electrons. The summed E-state index contributed by atoms with van der Waals surface area (Å²) < 4.78 is 17.5. The van der Waals surface area contributed by atoms with E-state index in [1.165, 1.54) is 0 Å². The maximum atomic E-state index is 12.3. The second-order valence-corrected chi connectivity index (χ2v) is 7.16. The average molecular weight is 298 g/mol. The molecule has 0 spiro atoms. The molecule has 0 aromatic heterocycles. The minimum absolute atomic E-state index is 0.380. The Balaban J connectivity index is 2.15. The Kier molecular flexibility index (Phi) is 4.97. The molecule has 1 aliphatic rings. The van der Waals surface area contributed by atoms with Gasteiger partial charge in [0, 0.05) is 0 Å². The highest BCUT2D eigenvalue weighted by Gasteiger charge is 2.38. The molecule has 0 amide bonds. The molecule has 5 nitrogen and oxygen atoms in total. The zero-order valence-corrected chi connectivity index (χ0v) is 12.0. The predicted octanol–water partition coefficient (Wildman–Crippen LogP) is 3.35. The smallest absolute Gasteiger partial charge is 0.338 e. The first-order chi connectivity index (χ1) is 9.50. The summed E-state index contributed by atoms with van der Waals surface area (Å²) in [6.45, 7) is 0. The van der Waals surface area contributed by atoms with Crippen LogP contribution in [0.3, 0.4) is 0 Å². The molecule has 2 atom stereocenters. The molecule has 2 unspecified atom stereocenters. The number of hydrogen-bond donors (Lipinski definition) is 2. The fourth-order valence-electron chi connectivity index (χ4n) is 2.52. The van der Waals surface area contributed by atoms with Gasteiger partial charge < -0.3 is 10.00 Å². The van der Waals surface area contributed by atoms with Crippen molar-refractivity contribution in [2.75, 3.05) is 0 Å². The van der Waals surface area contributed by atoms with E-state index in [1.54, 1.807) is 30.3 Å². The van der Waals surface area contributed by atoms with Crippen molar-refractivity contribution in [3.8, 4) is 0 Å². The molecule has 0 bridgehead atoms. The van der Waals surface area contributed by atoms with Gasteiger partial charge in [-0.2, -0.15) is 0 Å². The first-order valence-electron chi connectivity index (χ1n) is 6.79. The van der Waals surface area contributed by atoms with E-state index in [1.807, 2.05) is 0 Å². The molecule has 0 heterocycles. The van der Waals surface area contributed by atoms with Gasteiger partial charge in [-0.15, -0.1) is 0 Å². The molecule has 1 aromatic rings. The van der Waals surface area contributed by atoms with E-state index in [4.69, 9.17) is 4.52 Å². The fraction of sp³-hybridized carbons (Fsp3) is 0.500. The van der Waals surface area contributed by atoms with Crippen LogP contribution in [0.25, 0.3) is 0 Å². The summed E-state index contributed by atoms with van der Waals surface area (Å²) in [7, 11) is -3.92. The standard InChI is InChI=1S/C14H19O5P/c15-14(16)13(11-7-3-1-4-8-11)19-20(17,18)12-9-5-2-6-10-12/h1,3-4,7-8,12-13H,2,5-6,9-10H2,(H,15,16)(H,17,18). The van der Waals surface area contributed by atoms with Crippen LogP contribution in [-0.4, -0.2) is 21.6 Å². The second kappa shape index (κ2) is 6.53. The number of benzene rings is 1. The van der Waals surface area contributed by atoms with Gasteiger partial charge in [-0.1, -0.05) is 49.6 Å². The fourth-order valence-corrected chi connectivity index (χ4v) is 4.22. The first kappa shape index (κ1) is 15.2. The molecule has 1 fully saturated rings. The van der Waals surface area contributed by atoms with E-state index in [0.717, 1.165) is 19.3 Å². The van der Waals surface area contributed by atoms with Crippen molar-refractivity contribution in [1.29, 1.82) is 0 Å². The topological polar surface area (TPSA) is 83.8 Å². The van der Waals surface area contributed by atoms with Crippen LogP contribution in [0.1, 0.15) is 43.8 Å². The molecule has 20 heavy (non-hydrogen) atoms. The van der Waals surface area contributed by atoms with E-state index < -0.39 is 25.3 Å². The summed E-state index contributed by atoms with van der Waals surface area (Å²) in [5, 5.41) is 9.23. The van der Waals surface area contributed by atoms with E-state index in [-0.39, 0.29) is 0 Å². The molecular weight excluding hydrogens is 279 g/mol. The minimum Gasteiger partial charge on any atom is -0.479 e. The Bertz CT molecular complexity index is 496. The highest BCUT2D eigenvalue weighted by molar-refractivity contribution is 7.53. The summed E-state index contributed by atoms with van der Waals surface area (Å²) in [6, 6.07) is 8.27. The molecule has 1 aromatic carbocycles. The molecule has 0 saturated heterocycles. The van der Waals surface area contributed by atoms with Gasteiger partial charge in [0.1, 0.15) is 0 Å². The van der Waals surface area contributed by atoms with Crippen LogP contribution in [0, 0.1) is 0 Å². The largest absolute Gasteiger partial charge is 0.479 e. The summed E-state index contributed by atoms with van der Waals surface area (Å²) in [4.78, 5) is 21.4. The van der Waals surface area contributed by atoms with Crippen LogP contribution >= 0.6 is 7.60 Å². The van der Waals surface area contributed by atoms with Crippen LogP contribution in [0.4, 0.5) is 0 Å². The van der Waals surface area contributed by atoms with Crippen molar-refractivity contribution in [2.45, 2.75) is 43.9 Å². The van der Waals surface area contributed by atoms with Crippen molar-refractivity contribution >= 4 is 13.6 Å². The van der Waals surface area contributed by atoms with Crippen molar-refractivity contribution in [1.82, 2.24) is 0 Å². The van der Waals surface area contributed by atoms with Gasteiger partial charge in [0.2, 0.25) is 0 Å². The van der Waals surface area contributed by atoms with Crippen LogP contribution < -0.4 is 0 Å². The van der Waals surface area contributed by atoms with Gasteiger partial charge in [-0.05, 0) is 18.4 Å². The molecule has 0 aliphatic heterocycles. The van der Waals surface area contributed by atoms with Gasteiger partial charge in [0.05, 0.1) is 5.66 Å². The zero-order chi connectivity index (χ0) is 14.6. The summed E-state index contributed by atoms with van der Waals surface area (Å²) in [6.07, 6.45) is 2.68. The Labute approximate surface area is 118 Å². The maximum Gasteiger partial charge on any atom is 0.338 e. The van der Waals surface area contributed by atoms with E-state index in [2.05, 4.69) is 0 Å². The summed E-state index contributed by atoms with van der Waals surface area (Å²) in [5.74, 6) is -1.25. The highest BCUT2D eigenvalue weighted by atomic mass is 31.2. The molecule has 2 N–H and O–H groups in total. The quantitative estimate of drug-likeness (QED) is 0.814. The lowest BCUT2D eigenvalue weighted by Crippen LogP contribution is -2.20. The van der Waals surface area contributed by atoms with E-state index in [0.29, 0.717) is 18.4 Å². The Morgan fingerprint density at radius 1 is 1.20 bits per heavy atom. The predicted molar refractivity (Wildman–Crippen MR) is 74.6 cm³/mol. The molecule has 6 heteroatoms. The van der Waals surface area contributed by atoms with Crippen LogP contribution in [0.15, 0.2) is 30.3 Å². The summed E-state index contributed by atoms with van der Waals surface area (Å²) >= 11 is 0. The monoisotopic (exact) mass is 298 g/mol. The number of carboxylic acid groups (broad SMARTS) is 1. The zero-order valence-electron chi connectivity index (χ0n) is 11.1. The number of rotatable bonds is 5. The van der Waals surface area contributed by atoms with Gasteiger partial charge in [-0.3, -0.25) is 9.09 Å². The highest BCUT2D eigenvalue weighted by Crippen LogP contribution is 2.55. The molecule has 0 radical (unpaired) electrons. The van der Waals surface area contributed by atoms with E-state index >= 15 is 0 Å². The molecule has 2 rings (SSSR count). The maximum absolute atomic E-state index is 12.3. The van der Waals surface area contributed by atoms with Crippen LogP contribution in [-0.2, 0) is 13.9 Å². The Morgan fingerprint density at radius 3 is 2.35 bits per heavy atom. The van der Waals surface area contributed by atoms with Gasteiger partial charge in [0.25, 0.3) is 0 Å². The first-order valence-corrected chi connectivity index (χ1v) is 8.44. The minimum atomic E-state index is -3.92. The van der Waals surface area contributed by atoms with Crippen LogP contribution in [0.2, 0.25) is 0 Å². The second-order valence-electron chi connectivity index (χ2n) is 5.09. The molecule has 1 aliphatic carbocycles.